The molecule has 0 aliphatic carbocycles. The number of benzene rings is 3. The Morgan fingerprint density at radius 1 is 0.966 bits per heavy atom. The maximum absolute atomic E-state index is 11.0. The summed E-state index contributed by atoms with van der Waals surface area (Å²) in [6.07, 6.45) is 5.51. The zero-order chi connectivity index (χ0) is 21.1. The molecule has 0 radical (unpaired) electrons. The van der Waals surface area contributed by atoms with E-state index in [1.165, 1.54) is 12.7 Å². The van der Waals surface area contributed by atoms with E-state index in [1.807, 2.05) is 55.5 Å². The van der Waals surface area contributed by atoms with E-state index in [-0.39, 0.29) is 5.75 Å². The summed E-state index contributed by atoms with van der Waals surface area (Å²) in [5.74, 6) is -0.176. The molecule has 0 heterocycles. The number of carbonyl (C=O) groups is 1. The van der Waals surface area contributed by atoms with Gasteiger partial charge in [-0.3, -0.25) is 0 Å². The molecule has 3 aromatic carbocycles. The van der Waals surface area contributed by atoms with Crippen LogP contribution in [-0.4, -0.2) is 23.3 Å². The van der Waals surface area contributed by atoms with Crippen LogP contribution in [0.4, 0.5) is 0 Å². The van der Waals surface area contributed by atoms with Crippen LogP contribution in [0.2, 0.25) is 0 Å². The van der Waals surface area contributed by atoms with Crippen LogP contribution in [0.15, 0.2) is 78.9 Å². The van der Waals surface area contributed by atoms with Crippen LogP contribution in [-0.2, 0) is 12.8 Å². The lowest BCUT2D eigenvalue weighted by Crippen LogP contribution is -2.03. The summed E-state index contributed by atoms with van der Waals surface area (Å²) in [4.78, 5) is 11.0. The summed E-state index contributed by atoms with van der Waals surface area (Å²) >= 11 is 0. The van der Waals surface area contributed by atoms with E-state index in [9.17, 15) is 9.90 Å². The number of phenolic OH excluding ortho intramolecular Hbond substituents is 1. The molecule has 0 aromatic heterocycles. The van der Waals surface area contributed by atoms with Gasteiger partial charge in [0.2, 0.25) is 0 Å². The molecule has 2 N–H and O–H groups in total. The van der Waals surface area contributed by atoms with Crippen molar-refractivity contribution in [3.63, 3.8) is 0 Å². The average Bonchev–Trinajstić information content (AvgIpc) is 2.75. The first-order valence-electron chi connectivity index (χ1n) is 9.40. The summed E-state index contributed by atoms with van der Waals surface area (Å²) in [5.41, 5.74) is 3.55. The fraction of sp³-hybridized carbons (Fsp3) is 0.160. The molecule has 0 amide bonds. The van der Waals surface area contributed by atoms with Crippen molar-refractivity contribution in [3.05, 3.63) is 101 Å². The molecule has 0 bridgehead atoms. The lowest BCUT2D eigenvalue weighted by molar-refractivity contribution is 0.0695. The average molecular weight is 390 g/mol. The Labute approximate surface area is 171 Å². The van der Waals surface area contributed by atoms with E-state index in [4.69, 9.17) is 9.84 Å². The number of hydrogen-bond acceptors (Lipinski definition) is 3. The number of phenols is 1. The second-order valence-electron chi connectivity index (χ2n) is 6.38. The Bertz CT molecular complexity index is 946. The highest BCUT2D eigenvalue weighted by Gasteiger charge is 2.08. The van der Waals surface area contributed by atoms with Crippen molar-refractivity contribution in [1.29, 1.82) is 0 Å². The largest absolute Gasteiger partial charge is 0.504 e. The third-order valence-corrected chi connectivity index (χ3v) is 4.34. The zero-order valence-corrected chi connectivity index (χ0v) is 16.7. The number of methoxy groups -OCH3 is 1. The summed E-state index contributed by atoms with van der Waals surface area (Å²) in [6, 6.07) is 22.5. The van der Waals surface area contributed by atoms with Gasteiger partial charge in [-0.2, -0.15) is 0 Å². The van der Waals surface area contributed by atoms with Gasteiger partial charge in [0.25, 0.3) is 0 Å². The van der Waals surface area contributed by atoms with Crippen LogP contribution in [0.25, 0.3) is 6.08 Å². The second kappa shape index (κ2) is 11.3. The Balaban J connectivity index is 0.000000221. The Kier molecular flexibility index (Phi) is 8.51. The Morgan fingerprint density at radius 3 is 2.31 bits per heavy atom. The lowest BCUT2D eigenvalue weighted by atomic mass is 10.00. The van der Waals surface area contributed by atoms with Crippen LogP contribution in [0, 0.1) is 0 Å². The van der Waals surface area contributed by atoms with Crippen molar-refractivity contribution >= 4 is 12.0 Å². The molecule has 3 rings (SSSR count). The number of carboxylic acid groups (broad SMARTS) is 1. The van der Waals surface area contributed by atoms with Crippen LogP contribution in [0.5, 0.6) is 11.5 Å². The van der Waals surface area contributed by atoms with Crippen molar-refractivity contribution in [1.82, 2.24) is 0 Å². The Hall–Kier alpha value is -3.53. The molecule has 29 heavy (non-hydrogen) atoms. The second-order valence-corrected chi connectivity index (χ2v) is 6.38. The minimum Gasteiger partial charge on any atom is -0.504 e. The Morgan fingerprint density at radius 2 is 1.66 bits per heavy atom. The van der Waals surface area contributed by atoms with Gasteiger partial charge >= 0.3 is 5.97 Å². The van der Waals surface area contributed by atoms with Crippen molar-refractivity contribution in [2.24, 2.45) is 0 Å². The predicted octanol–water partition coefficient (Wildman–Crippen LogP) is 5.60. The fourth-order valence-electron chi connectivity index (χ4n) is 2.86. The molecular formula is C25H26O4. The molecular weight excluding hydrogens is 364 g/mol. The van der Waals surface area contributed by atoms with Gasteiger partial charge in [-0.1, -0.05) is 66.7 Å². The van der Waals surface area contributed by atoms with Crippen LogP contribution in [0.1, 0.15) is 34.0 Å². The first-order valence-corrected chi connectivity index (χ1v) is 9.40. The molecule has 0 saturated heterocycles. The quantitative estimate of drug-likeness (QED) is 0.575. The van der Waals surface area contributed by atoms with E-state index in [1.54, 1.807) is 24.3 Å². The van der Waals surface area contributed by atoms with Crippen molar-refractivity contribution in [2.45, 2.75) is 19.8 Å². The minimum atomic E-state index is -0.853. The standard InChI is InChI=1S/C15H14O2.C10H12O2/c16-15(17)14-9-5-4-8-13(14)11-10-12-6-2-1-3-7-12;1-3-4-8-5-6-9(11)10(7-8)12-2/h1-9H,10-11H2,(H,16,17);3-7,11H,1-2H3. The summed E-state index contributed by atoms with van der Waals surface area (Å²) in [7, 11) is 1.54. The third-order valence-electron chi connectivity index (χ3n) is 4.34. The summed E-state index contributed by atoms with van der Waals surface area (Å²) in [5, 5.41) is 18.3. The molecule has 0 atom stereocenters. The van der Waals surface area contributed by atoms with Crippen molar-refractivity contribution in [2.75, 3.05) is 7.11 Å². The first-order chi connectivity index (χ1) is 14.0. The summed E-state index contributed by atoms with van der Waals surface area (Å²) in [6.45, 7) is 1.94. The number of carboxylic acids is 1. The number of hydrogen-bond donors (Lipinski definition) is 2. The van der Waals surface area contributed by atoms with E-state index < -0.39 is 5.97 Å². The molecule has 0 aliphatic rings. The summed E-state index contributed by atoms with van der Waals surface area (Å²) < 4.78 is 4.95. The van der Waals surface area contributed by atoms with E-state index in [0.717, 1.165) is 24.0 Å². The highest BCUT2D eigenvalue weighted by molar-refractivity contribution is 5.89. The van der Waals surface area contributed by atoms with E-state index >= 15 is 0 Å². The topological polar surface area (TPSA) is 66.8 Å². The molecule has 0 unspecified atom stereocenters. The number of allylic oxidation sites excluding steroid dienone is 1. The van der Waals surface area contributed by atoms with E-state index in [0.29, 0.717) is 11.3 Å². The maximum atomic E-state index is 11.0. The highest BCUT2D eigenvalue weighted by atomic mass is 16.5. The van der Waals surface area contributed by atoms with Crippen LogP contribution in [0.3, 0.4) is 0 Å². The predicted molar refractivity (Wildman–Crippen MR) is 117 cm³/mol. The number of aryl methyl sites for hydroxylation is 2. The van der Waals surface area contributed by atoms with Gasteiger partial charge in [-0.05, 0) is 54.7 Å². The number of ether oxygens (including phenoxy) is 1. The SMILES string of the molecule is CC=Cc1ccc(O)c(OC)c1.O=C(O)c1ccccc1CCc1ccccc1. The van der Waals surface area contributed by atoms with Gasteiger partial charge in [0.05, 0.1) is 12.7 Å². The minimum absolute atomic E-state index is 0.172. The van der Waals surface area contributed by atoms with Crippen LogP contribution >= 0.6 is 0 Å². The van der Waals surface area contributed by atoms with Gasteiger partial charge in [-0.25, -0.2) is 4.79 Å². The van der Waals surface area contributed by atoms with Gasteiger partial charge in [0.15, 0.2) is 11.5 Å². The molecule has 0 spiro atoms. The van der Waals surface area contributed by atoms with Gasteiger partial charge < -0.3 is 14.9 Å². The zero-order valence-electron chi connectivity index (χ0n) is 16.7. The number of aromatic carboxylic acids is 1. The number of aromatic hydroxyl groups is 1. The smallest absolute Gasteiger partial charge is 0.335 e. The van der Waals surface area contributed by atoms with Gasteiger partial charge in [0, 0.05) is 0 Å². The van der Waals surface area contributed by atoms with Gasteiger partial charge in [-0.15, -0.1) is 0 Å². The molecule has 4 heteroatoms. The monoisotopic (exact) mass is 390 g/mol. The molecule has 0 saturated carbocycles. The fourth-order valence-corrected chi connectivity index (χ4v) is 2.86. The molecule has 150 valence electrons. The normalized spacial score (nSPS) is 10.3. The van der Waals surface area contributed by atoms with Crippen molar-refractivity contribution < 1.29 is 19.7 Å². The highest BCUT2D eigenvalue weighted by Crippen LogP contribution is 2.26. The molecule has 3 aromatic rings. The molecule has 4 nitrogen and oxygen atoms in total. The van der Waals surface area contributed by atoms with E-state index in [2.05, 4.69) is 12.1 Å². The first kappa shape index (κ1) is 21.8. The molecule has 0 aliphatic heterocycles. The number of rotatable bonds is 6. The van der Waals surface area contributed by atoms with Crippen LogP contribution < -0.4 is 4.74 Å². The lowest BCUT2D eigenvalue weighted by Gasteiger charge is -2.05. The van der Waals surface area contributed by atoms with Gasteiger partial charge in [0.1, 0.15) is 0 Å². The molecule has 0 fully saturated rings. The van der Waals surface area contributed by atoms with Crippen molar-refractivity contribution in [3.8, 4) is 11.5 Å². The third kappa shape index (κ3) is 6.85. The maximum Gasteiger partial charge on any atom is 0.335 e.